The number of aryl methyl sites for hydroxylation is 2. The van der Waals surface area contributed by atoms with Crippen molar-refractivity contribution in [1.29, 1.82) is 5.26 Å². The number of nitrogen functional groups attached to an aromatic ring is 1. The van der Waals surface area contributed by atoms with Crippen molar-refractivity contribution >= 4 is 11.5 Å². The summed E-state index contributed by atoms with van der Waals surface area (Å²) in [5, 5.41) is 9.57. The highest BCUT2D eigenvalue weighted by Crippen LogP contribution is 2.32. The van der Waals surface area contributed by atoms with Crippen LogP contribution in [0.4, 0.5) is 11.5 Å². The zero-order chi connectivity index (χ0) is 18.8. The van der Waals surface area contributed by atoms with Crippen LogP contribution < -0.4 is 10.6 Å². The highest BCUT2D eigenvalue weighted by atomic mass is 15.1. The number of rotatable bonds is 3. The minimum absolute atomic E-state index is 0.259. The summed E-state index contributed by atoms with van der Waals surface area (Å²) in [5.41, 5.74) is 13.6. The summed E-state index contributed by atoms with van der Waals surface area (Å²) < 4.78 is 0. The van der Waals surface area contributed by atoms with Crippen LogP contribution in [0.3, 0.4) is 0 Å². The maximum atomic E-state index is 9.57. The lowest BCUT2D eigenvalue weighted by Gasteiger charge is -2.14. The monoisotopic (exact) mass is 342 g/mol. The Balaban J connectivity index is 2.16. The topological polar surface area (TPSA) is 65.9 Å². The number of nitriles is 1. The number of hydrogen-bond donors (Lipinski definition) is 1. The Morgan fingerprint density at radius 3 is 2.15 bits per heavy atom. The van der Waals surface area contributed by atoms with Gasteiger partial charge >= 0.3 is 0 Å². The van der Waals surface area contributed by atoms with E-state index in [1.165, 1.54) is 11.1 Å². The second kappa shape index (κ2) is 6.89. The Kier molecular flexibility index (Phi) is 4.64. The highest BCUT2D eigenvalue weighted by molar-refractivity contribution is 5.80. The molecule has 130 valence electrons. The smallest absolute Gasteiger partial charge is 0.142 e. The van der Waals surface area contributed by atoms with Crippen molar-refractivity contribution in [3.05, 3.63) is 65.2 Å². The molecule has 26 heavy (non-hydrogen) atoms. The third-order valence-electron chi connectivity index (χ3n) is 4.66. The molecule has 0 saturated carbocycles. The molecule has 3 aromatic rings. The van der Waals surface area contributed by atoms with Gasteiger partial charge in [0.25, 0.3) is 0 Å². The summed E-state index contributed by atoms with van der Waals surface area (Å²) in [6.07, 6.45) is 0. The molecular formula is C22H22N4. The van der Waals surface area contributed by atoms with Gasteiger partial charge in [-0.25, -0.2) is 4.98 Å². The highest BCUT2D eigenvalue weighted by Gasteiger charge is 2.14. The largest absolute Gasteiger partial charge is 0.383 e. The van der Waals surface area contributed by atoms with Gasteiger partial charge in [-0.05, 0) is 54.8 Å². The molecule has 2 aromatic carbocycles. The molecular weight excluding hydrogens is 320 g/mol. The van der Waals surface area contributed by atoms with Gasteiger partial charge in [-0.1, -0.05) is 24.3 Å². The Hall–Kier alpha value is -3.32. The quantitative estimate of drug-likeness (QED) is 0.758. The number of aromatic nitrogens is 1. The SMILES string of the molecule is Cc1ccc(-c2cc(-c3ccc(N(C)C)cc3)c(C#N)c(N)n2)cc1C. The molecule has 0 fully saturated rings. The van der Waals surface area contributed by atoms with E-state index in [1.54, 1.807) is 0 Å². The Labute approximate surface area is 154 Å². The molecule has 0 amide bonds. The summed E-state index contributed by atoms with van der Waals surface area (Å²) >= 11 is 0. The third kappa shape index (κ3) is 3.25. The average Bonchev–Trinajstić information content (AvgIpc) is 2.63. The summed E-state index contributed by atoms with van der Waals surface area (Å²) in [5.74, 6) is 0.259. The van der Waals surface area contributed by atoms with Crippen LogP contribution >= 0.6 is 0 Å². The number of anilines is 2. The molecule has 0 saturated heterocycles. The molecule has 3 rings (SSSR count). The van der Waals surface area contributed by atoms with Crippen LogP contribution in [0.25, 0.3) is 22.4 Å². The van der Waals surface area contributed by atoms with Crippen LogP contribution in [-0.2, 0) is 0 Å². The first-order valence-electron chi connectivity index (χ1n) is 8.46. The van der Waals surface area contributed by atoms with Crippen LogP contribution in [0.1, 0.15) is 16.7 Å². The van der Waals surface area contributed by atoms with Crippen LogP contribution in [-0.4, -0.2) is 19.1 Å². The number of hydrogen-bond acceptors (Lipinski definition) is 4. The van der Waals surface area contributed by atoms with Gasteiger partial charge in [0.05, 0.1) is 5.69 Å². The lowest BCUT2D eigenvalue weighted by Crippen LogP contribution is -2.08. The van der Waals surface area contributed by atoms with E-state index in [0.717, 1.165) is 28.1 Å². The predicted octanol–water partition coefficient (Wildman–Crippen LogP) is 4.55. The normalized spacial score (nSPS) is 10.4. The fourth-order valence-corrected chi connectivity index (χ4v) is 2.90. The van der Waals surface area contributed by atoms with Crippen molar-refractivity contribution in [3.63, 3.8) is 0 Å². The molecule has 0 spiro atoms. The number of pyridine rings is 1. The molecule has 1 heterocycles. The number of benzene rings is 2. The predicted molar refractivity (Wildman–Crippen MR) is 108 cm³/mol. The first-order valence-corrected chi connectivity index (χ1v) is 8.46. The summed E-state index contributed by atoms with van der Waals surface area (Å²) in [6, 6.07) is 18.4. The molecule has 0 aliphatic heterocycles. The average molecular weight is 342 g/mol. The molecule has 1 aromatic heterocycles. The zero-order valence-corrected chi connectivity index (χ0v) is 15.5. The minimum atomic E-state index is 0.259. The second-order valence-electron chi connectivity index (χ2n) is 6.67. The Morgan fingerprint density at radius 1 is 0.923 bits per heavy atom. The lowest BCUT2D eigenvalue weighted by molar-refractivity contribution is 1.13. The first kappa shape index (κ1) is 17.5. The summed E-state index contributed by atoms with van der Waals surface area (Å²) in [7, 11) is 4.00. The zero-order valence-electron chi connectivity index (χ0n) is 15.5. The van der Waals surface area contributed by atoms with E-state index < -0.39 is 0 Å². The van der Waals surface area contributed by atoms with Crippen molar-refractivity contribution in [3.8, 4) is 28.5 Å². The van der Waals surface area contributed by atoms with Gasteiger partial charge in [-0.2, -0.15) is 5.26 Å². The van der Waals surface area contributed by atoms with E-state index in [9.17, 15) is 5.26 Å². The van der Waals surface area contributed by atoms with Crippen molar-refractivity contribution < 1.29 is 0 Å². The van der Waals surface area contributed by atoms with E-state index in [1.807, 2.05) is 55.4 Å². The van der Waals surface area contributed by atoms with Crippen molar-refractivity contribution in [2.24, 2.45) is 0 Å². The van der Waals surface area contributed by atoms with E-state index in [0.29, 0.717) is 5.56 Å². The Morgan fingerprint density at radius 2 is 1.58 bits per heavy atom. The van der Waals surface area contributed by atoms with Gasteiger partial charge in [-0.3, -0.25) is 0 Å². The lowest BCUT2D eigenvalue weighted by atomic mass is 9.97. The van der Waals surface area contributed by atoms with Crippen LogP contribution in [0.2, 0.25) is 0 Å². The van der Waals surface area contributed by atoms with Crippen molar-refractivity contribution in [2.75, 3.05) is 24.7 Å². The van der Waals surface area contributed by atoms with Crippen LogP contribution in [0.15, 0.2) is 48.5 Å². The molecule has 0 bridgehead atoms. The van der Waals surface area contributed by atoms with Gasteiger partial charge in [0.1, 0.15) is 17.5 Å². The van der Waals surface area contributed by atoms with E-state index in [4.69, 9.17) is 5.73 Å². The maximum Gasteiger partial charge on any atom is 0.142 e. The molecule has 0 radical (unpaired) electrons. The van der Waals surface area contributed by atoms with Crippen molar-refractivity contribution in [1.82, 2.24) is 4.98 Å². The standard InChI is InChI=1S/C22H22N4/c1-14-5-6-17(11-15(14)2)21-12-19(20(13-23)22(24)25-21)16-7-9-18(10-8-16)26(3)4/h5-12H,1-4H3,(H2,24,25). The van der Waals surface area contributed by atoms with Gasteiger partial charge < -0.3 is 10.6 Å². The minimum Gasteiger partial charge on any atom is -0.383 e. The number of nitrogens with zero attached hydrogens (tertiary/aromatic N) is 3. The summed E-state index contributed by atoms with van der Waals surface area (Å²) in [4.78, 5) is 6.50. The first-order chi connectivity index (χ1) is 12.4. The van der Waals surface area contributed by atoms with E-state index in [-0.39, 0.29) is 5.82 Å². The number of nitrogens with two attached hydrogens (primary N) is 1. The fraction of sp³-hybridized carbons (Fsp3) is 0.182. The molecule has 0 aliphatic carbocycles. The molecule has 0 aliphatic rings. The van der Waals surface area contributed by atoms with Crippen molar-refractivity contribution in [2.45, 2.75) is 13.8 Å². The van der Waals surface area contributed by atoms with E-state index >= 15 is 0 Å². The molecule has 4 heteroatoms. The second-order valence-corrected chi connectivity index (χ2v) is 6.67. The third-order valence-corrected chi connectivity index (χ3v) is 4.66. The fourth-order valence-electron chi connectivity index (χ4n) is 2.90. The van der Waals surface area contributed by atoms with Gasteiger partial charge in [0, 0.05) is 30.9 Å². The molecule has 2 N–H and O–H groups in total. The molecule has 0 unspecified atom stereocenters. The van der Waals surface area contributed by atoms with Crippen LogP contribution in [0.5, 0.6) is 0 Å². The van der Waals surface area contributed by atoms with Gasteiger partial charge in [0.2, 0.25) is 0 Å². The molecule has 0 atom stereocenters. The van der Waals surface area contributed by atoms with Crippen LogP contribution in [0, 0.1) is 25.2 Å². The summed E-state index contributed by atoms with van der Waals surface area (Å²) in [6.45, 7) is 4.16. The van der Waals surface area contributed by atoms with E-state index in [2.05, 4.69) is 37.0 Å². The van der Waals surface area contributed by atoms with Gasteiger partial charge in [0.15, 0.2) is 0 Å². The maximum absolute atomic E-state index is 9.57. The molecule has 4 nitrogen and oxygen atoms in total. The Bertz CT molecular complexity index is 996. The van der Waals surface area contributed by atoms with Gasteiger partial charge in [-0.15, -0.1) is 0 Å².